The van der Waals surface area contributed by atoms with Crippen LogP contribution >= 0.6 is 11.8 Å². The molecule has 1 fully saturated rings. The van der Waals surface area contributed by atoms with Gasteiger partial charge in [0.1, 0.15) is 5.25 Å². The maximum Gasteiger partial charge on any atom is 0.324 e. The smallest absolute Gasteiger partial charge is 0.324 e. The quantitative estimate of drug-likeness (QED) is 0.849. The predicted octanol–water partition coefficient (Wildman–Crippen LogP) is 2.48. The number of hydrogen-bond acceptors (Lipinski definition) is 4. The summed E-state index contributed by atoms with van der Waals surface area (Å²) in [6.07, 6.45) is 5.95. The van der Waals surface area contributed by atoms with Gasteiger partial charge in [-0.25, -0.2) is 4.79 Å². The van der Waals surface area contributed by atoms with Crippen molar-refractivity contribution in [3.63, 3.8) is 0 Å². The largest absolute Gasteiger partial charge is 0.334 e. The van der Waals surface area contributed by atoms with Crippen molar-refractivity contribution in [2.45, 2.75) is 24.3 Å². The van der Waals surface area contributed by atoms with E-state index in [1.54, 1.807) is 12.4 Å². The topological polar surface area (TPSA) is 62.3 Å². The van der Waals surface area contributed by atoms with Gasteiger partial charge in [-0.3, -0.25) is 14.7 Å². The van der Waals surface area contributed by atoms with Crippen LogP contribution in [0.5, 0.6) is 0 Å². The first kappa shape index (κ1) is 16.5. The number of hydrogen-bond donors (Lipinski definition) is 1. The summed E-state index contributed by atoms with van der Waals surface area (Å²) in [7, 11) is 0. The number of thioether (sulfide) groups is 1. The highest BCUT2D eigenvalue weighted by Crippen LogP contribution is 2.32. The second-order valence-corrected chi connectivity index (χ2v) is 6.62. The molecule has 2 atom stereocenters. The van der Waals surface area contributed by atoms with Crippen LogP contribution in [0.3, 0.4) is 0 Å². The minimum Gasteiger partial charge on any atom is -0.334 e. The van der Waals surface area contributed by atoms with Gasteiger partial charge in [0, 0.05) is 18.9 Å². The van der Waals surface area contributed by atoms with Gasteiger partial charge in [-0.15, -0.1) is 11.8 Å². The van der Waals surface area contributed by atoms with E-state index in [0.29, 0.717) is 13.0 Å². The van der Waals surface area contributed by atoms with Crippen molar-refractivity contribution in [3.05, 3.63) is 66.0 Å². The van der Waals surface area contributed by atoms with Crippen molar-refractivity contribution in [2.24, 2.45) is 0 Å². The lowest BCUT2D eigenvalue weighted by Crippen LogP contribution is -2.67. The molecule has 24 heavy (non-hydrogen) atoms. The number of amides is 3. The molecule has 0 radical (unpaired) electrons. The Morgan fingerprint density at radius 1 is 1.17 bits per heavy atom. The third-order valence-electron chi connectivity index (χ3n) is 4.12. The second kappa shape index (κ2) is 7.49. The molecule has 5 nitrogen and oxygen atoms in total. The van der Waals surface area contributed by atoms with Crippen molar-refractivity contribution in [2.75, 3.05) is 6.26 Å². The van der Waals surface area contributed by atoms with E-state index in [9.17, 15) is 9.59 Å². The first-order valence-electron chi connectivity index (χ1n) is 7.77. The molecular weight excluding hydrogens is 322 g/mol. The van der Waals surface area contributed by atoms with Crippen LogP contribution in [0.25, 0.3) is 0 Å². The SMILES string of the molecule is CS[C@H]1C(=O)N(C(=O)NCc2ccncc2)[C@@H]1Cc1ccccc1. The summed E-state index contributed by atoms with van der Waals surface area (Å²) in [5, 5.41) is 2.67. The molecule has 0 spiro atoms. The van der Waals surface area contributed by atoms with Gasteiger partial charge >= 0.3 is 6.03 Å². The van der Waals surface area contributed by atoms with Crippen LogP contribution in [-0.4, -0.2) is 39.4 Å². The number of benzene rings is 1. The third kappa shape index (κ3) is 3.43. The highest BCUT2D eigenvalue weighted by Gasteiger charge is 2.50. The fraction of sp³-hybridized carbons (Fsp3) is 0.278. The average Bonchev–Trinajstić information content (AvgIpc) is 2.62. The standard InChI is InChI=1S/C18H19N3O2S/c1-24-16-15(11-13-5-3-2-4-6-13)21(17(16)22)18(23)20-12-14-7-9-19-10-8-14/h2-10,15-16H,11-12H2,1H3,(H,20,23)/t15-,16-/m1/s1. The molecule has 0 unspecified atom stereocenters. The lowest BCUT2D eigenvalue weighted by molar-refractivity contribution is -0.139. The van der Waals surface area contributed by atoms with E-state index in [2.05, 4.69) is 10.3 Å². The Morgan fingerprint density at radius 3 is 2.54 bits per heavy atom. The molecule has 3 amide bonds. The number of pyridine rings is 1. The Bertz CT molecular complexity index is 709. The fourth-order valence-corrected chi connectivity index (χ4v) is 3.69. The van der Waals surface area contributed by atoms with E-state index in [1.807, 2.05) is 48.7 Å². The molecule has 1 aromatic heterocycles. The Kier molecular flexibility index (Phi) is 5.15. The number of carbonyl (C=O) groups is 2. The highest BCUT2D eigenvalue weighted by atomic mass is 32.2. The number of nitrogens with zero attached hydrogens (tertiary/aromatic N) is 2. The molecule has 0 saturated carbocycles. The van der Waals surface area contributed by atoms with Crippen LogP contribution in [0.2, 0.25) is 0 Å². The van der Waals surface area contributed by atoms with Gasteiger partial charge < -0.3 is 5.32 Å². The minimum atomic E-state index is -0.331. The van der Waals surface area contributed by atoms with E-state index in [4.69, 9.17) is 0 Å². The van der Waals surface area contributed by atoms with Crippen molar-refractivity contribution in [1.29, 1.82) is 0 Å². The molecule has 2 aromatic rings. The monoisotopic (exact) mass is 341 g/mol. The van der Waals surface area contributed by atoms with Crippen LogP contribution in [-0.2, 0) is 17.8 Å². The van der Waals surface area contributed by atoms with Gasteiger partial charge in [0.25, 0.3) is 0 Å². The molecule has 0 aliphatic carbocycles. The molecule has 124 valence electrons. The zero-order valence-electron chi connectivity index (χ0n) is 13.4. The summed E-state index contributed by atoms with van der Waals surface area (Å²) < 4.78 is 0. The van der Waals surface area contributed by atoms with Crippen LogP contribution in [0.15, 0.2) is 54.9 Å². The normalized spacial score (nSPS) is 19.7. The van der Waals surface area contributed by atoms with Crippen molar-refractivity contribution in [3.8, 4) is 0 Å². The van der Waals surface area contributed by atoms with Crippen LogP contribution in [0.1, 0.15) is 11.1 Å². The molecule has 1 aliphatic heterocycles. The van der Waals surface area contributed by atoms with E-state index in [0.717, 1.165) is 11.1 Å². The van der Waals surface area contributed by atoms with Gasteiger partial charge in [0.2, 0.25) is 5.91 Å². The number of nitrogens with one attached hydrogen (secondary N) is 1. The molecule has 1 aliphatic rings. The number of rotatable bonds is 5. The molecule has 1 N–H and O–H groups in total. The zero-order valence-corrected chi connectivity index (χ0v) is 14.2. The minimum absolute atomic E-state index is 0.104. The maximum atomic E-state index is 12.4. The average molecular weight is 341 g/mol. The number of urea groups is 1. The molecular formula is C18H19N3O2S. The Balaban J connectivity index is 1.65. The summed E-state index contributed by atoms with van der Waals surface area (Å²) in [4.78, 5) is 30.0. The first-order chi connectivity index (χ1) is 11.7. The molecule has 2 heterocycles. The van der Waals surface area contributed by atoms with Gasteiger partial charge in [0.15, 0.2) is 0 Å². The highest BCUT2D eigenvalue weighted by molar-refractivity contribution is 8.00. The van der Waals surface area contributed by atoms with E-state index in [1.165, 1.54) is 16.7 Å². The summed E-state index contributed by atoms with van der Waals surface area (Å²) in [5.41, 5.74) is 2.08. The zero-order chi connectivity index (χ0) is 16.9. The van der Waals surface area contributed by atoms with E-state index >= 15 is 0 Å². The van der Waals surface area contributed by atoms with Crippen molar-refractivity contribution < 1.29 is 9.59 Å². The van der Waals surface area contributed by atoms with Crippen LogP contribution in [0.4, 0.5) is 4.79 Å². The number of aromatic nitrogens is 1. The summed E-state index contributed by atoms with van der Waals surface area (Å²) in [6.45, 7) is 0.382. The summed E-state index contributed by atoms with van der Waals surface area (Å²) in [5.74, 6) is -0.115. The van der Waals surface area contributed by atoms with E-state index in [-0.39, 0.29) is 23.2 Å². The molecule has 6 heteroatoms. The Labute approximate surface area is 145 Å². The van der Waals surface area contributed by atoms with Crippen molar-refractivity contribution in [1.82, 2.24) is 15.2 Å². The first-order valence-corrected chi connectivity index (χ1v) is 9.06. The van der Waals surface area contributed by atoms with Crippen LogP contribution < -0.4 is 5.32 Å². The third-order valence-corrected chi connectivity index (χ3v) is 5.14. The molecule has 0 bridgehead atoms. The van der Waals surface area contributed by atoms with E-state index < -0.39 is 0 Å². The number of carbonyl (C=O) groups excluding carboxylic acids is 2. The molecule has 1 aromatic carbocycles. The van der Waals surface area contributed by atoms with Gasteiger partial charge in [-0.1, -0.05) is 30.3 Å². The van der Waals surface area contributed by atoms with Crippen molar-refractivity contribution >= 4 is 23.7 Å². The lowest BCUT2D eigenvalue weighted by atomic mass is 9.94. The lowest BCUT2D eigenvalue weighted by Gasteiger charge is -2.44. The second-order valence-electron chi connectivity index (χ2n) is 5.64. The molecule has 1 saturated heterocycles. The van der Waals surface area contributed by atoms with Gasteiger partial charge in [0.05, 0.1) is 6.04 Å². The van der Waals surface area contributed by atoms with Crippen LogP contribution in [0, 0.1) is 0 Å². The van der Waals surface area contributed by atoms with Gasteiger partial charge in [-0.2, -0.15) is 0 Å². The Morgan fingerprint density at radius 2 is 1.88 bits per heavy atom. The fourth-order valence-electron chi connectivity index (χ4n) is 2.84. The number of β-lactam (4-membered cyclic amide) rings is 1. The maximum absolute atomic E-state index is 12.4. The molecule has 3 rings (SSSR count). The number of imide groups is 1. The summed E-state index contributed by atoms with van der Waals surface area (Å²) in [6, 6.07) is 13.2. The number of likely N-dealkylation sites (tertiary alicyclic amines) is 1. The summed E-state index contributed by atoms with van der Waals surface area (Å²) >= 11 is 1.50. The van der Waals surface area contributed by atoms with Gasteiger partial charge in [-0.05, 0) is 35.9 Å². The Hall–Kier alpha value is -2.34. The predicted molar refractivity (Wildman–Crippen MR) is 94.6 cm³/mol.